The number of nitrogens with two attached hydrogens (primary N) is 1. The minimum Gasteiger partial charge on any atom is -0.302 e. The van der Waals surface area contributed by atoms with E-state index in [0.717, 1.165) is 13.0 Å². The summed E-state index contributed by atoms with van der Waals surface area (Å²) in [6, 6.07) is 8.37. The van der Waals surface area contributed by atoms with Crippen LogP contribution in [0, 0.1) is 5.82 Å². The van der Waals surface area contributed by atoms with Crippen LogP contribution in [0.3, 0.4) is 0 Å². The monoisotopic (exact) mass is 307 g/mol. The van der Waals surface area contributed by atoms with Crippen molar-refractivity contribution in [2.45, 2.75) is 13.0 Å². The Bertz CT molecular complexity index is 601. The number of nitrogens with one attached hydrogen (secondary N) is 1. The highest BCUT2D eigenvalue weighted by Gasteiger charge is 2.10. The van der Waals surface area contributed by atoms with Crippen molar-refractivity contribution in [3.63, 3.8) is 0 Å². The van der Waals surface area contributed by atoms with Gasteiger partial charge < -0.3 is 4.90 Å². The van der Waals surface area contributed by atoms with Crippen molar-refractivity contribution < 1.29 is 9.18 Å². The first-order valence-corrected chi connectivity index (χ1v) is 7.48. The van der Waals surface area contributed by atoms with E-state index in [2.05, 4.69) is 11.5 Å². The van der Waals surface area contributed by atoms with Crippen molar-refractivity contribution in [2.75, 3.05) is 13.6 Å². The summed E-state index contributed by atoms with van der Waals surface area (Å²) in [5.41, 5.74) is 2.90. The topological polar surface area (TPSA) is 58.4 Å². The highest BCUT2D eigenvalue weighted by molar-refractivity contribution is 7.09. The van der Waals surface area contributed by atoms with Crippen molar-refractivity contribution in [3.05, 3.63) is 57.5 Å². The molecule has 0 spiro atoms. The van der Waals surface area contributed by atoms with Crippen molar-refractivity contribution in [1.29, 1.82) is 0 Å². The summed E-state index contributed by atoms with van der Waals surface area (Å²) in [6.45, 7) is 1.27. The highest BCUT2D eigenvalue weighted by Crippen LogP contribution is 2.14. The van der Waals surface area contributed by atoms with Gasteiger partial charge in [-0.2, -0.15) is 0 Å². The standard InChI is InChI=1S/C15H18FN3OS/c1-19(7-6-13-3-2-8-21-13)10-12-9-11(15(20)18-17)4-5-14(12)16/h2-5,8-9H,6-7,10,17H2,1H3,(H,18,20). The Kier molecular flexibility index (Phi) is 5.44. The number of hydrazine groups is 1. The van der Waals surface area contributed by atoms with Crippen molar-refractivity contribution >= 4 is 17.2 Å². The zero-order valence-corrected chi connectivity index (χ0v) is 12.6. The minimum absolute atomic E-state index is 0.313. The molecule has 0 saturated carbocycles. The molecule has 0 bridgehead atoms. The molecule has 0 aliphatic rings. The zero-order chi connectivity index (χ0) is 15.2. The Morgan fingerprint density at radius 2 is 2.24 bits per heavy atom. The van der Waals surface area contributed by atoms with Crippen LogP contribution in [0.2, 0.25) is 0 Å². The number of carbonyl (C=O) groups excluding carboxylic acids is 1. The summed E-state index contributed by atoms with van der Waals surface area (Å²) in [5.74, 6) is 4.36. The van der Waals surface area contributed by atoms with Gasteiger partial charge in [0, 0.05) is 29.1 Å². The first-order chi connectivity index (χ1) is 10.1. The molecule has 1 aromatic carbocycles. The largest absolute Gasteiger partial charge is 0.302 e. The summed E-state index contributed by atoms with van der Waals surface area (Å²) in [4.78, 5) is 14.8. The number of hydrogen-bond acceptors (Lipinski definition) is 4. The smallest absolute Gasteiger partial charge is 0.265 e. The molecule has 0 atom stereocenters. The molecule has 2 rings (SSSR count). The fourth-order valence-corrected chi connectivity index (χ4v) is 2.74. The maximum Gasteiger partial charge on any atom is 0.265 e. The van der Waals surface area contributed by atoms with E-state index in [1.54, 1.807) is 17.4 Å². The van der Waals surface area contributed by atoms with E-state index in [1.165, 1.54) is 17.0 Å². The van der Waals surface area contributed by atoms with Gasteiger partial charge in [0.05, 0.1) is 0 Å². The van der Waals surface area contributed by atoms with Crippen LogP contribution in [0.25, 0.3) is 0 Å². The summed E-state index contributed by atoms with van der Waals surface area (Å²) < 4.78 is 13.8. The maximum atomic E-state index is 13.8. The fraction of sp³-hybridized carbons (Fsp3) is 0.267. The Morgan fingerprint density at radius 3 is 2.90 bits per heavy atom. The number of rotatable bonds is 6. The van der Waals surface area contributed by atoms with Gasteiger partial charge in [-0.3, -0.25) is 10.2 Å². The summed E-state index contributed by atoms with van der Waals surface area (Å²) in [7, 11) is 1.93. The molecule has 112 valence electrons. The third-order valence-corrected chi connectivity index (χ3v) is 4.14. The van der Waals surface area contributed by atoms with Gasteiger partial charge in [0.25, 0.3) is 5.91 Å². The van der Waals surface area contributed by atoms with Gasteiger partial charge in [-0.15, -0.1) is 11.3 Å². The number of carbonyl (C=O) groups is 1. The molecule has 3 N–H and O–H groups in total. The van der Waals surface area contributed by atoms with Gasteiger partial charge in [-0.25, -0.2) is 10.2 Å². The van der Waals surface area contributed by atoms with E-state index >= 15 is 0 Å². The Balaban J connectivity index is 1.99. The Labute approximate surface area is 127 Å². The third-order valence-electron chi connectivity index (χ3n) is 3.20. The second kappa shape index (κ2) is 7.31. The predicted molar refractivity (Wildman–Crippen MR) is 82.4 cm³/mol. The van der Waals surface area contributed by atoms with Crippen LogP contribution >= 0.6 is 11.3 Å². The number of nitrogen functional groups attached to an aromatic ring is 1. The van der Waals surface area contributed by atoms with E-state index in [4.69, 9.17) is 5.84 Å². The Morgan fingerprint density at radius 1 is 1.43 bits per heavy atom. The zero-order valence-electron chi connectivity index (χ0n) is 11.8. The van der Waals surface area contributed by atoms with Gasteiger partial charge in [0.2, 0.25) is 0 Å². The highest BCUT2D eigenvalue weighted by atomic mass is 32.1. The molecular formula is C15H18FN3OS. The normalized spacial score (nSPS) is 10.9. The molecular weight excluding hydrogens is 289 g/mol. The van der Waals surface area contributed by atoms with Crippen molar-refractivity contribution in [2.24, 2.45) is 5.84 Å². The fourth-order valence-electron chi connectivity index (χ4n) is 2.05. The van der Waals surface area contributed by atoms with Crippen LogP contribution in [0.1, 0.15) is 20.8 Å². The average molecular weight is 307 g/mol. The molecule has 21 heavy (non-hydrogen) atoms. The van der Waals surface area contributed by atoms with Crippen LogP contribution in [0.15, 0.2) is 35.7 Å². The van der Waals surface area contributed by atoms with Crippen LogP contribution in [0.5, 0.6) is 0 Å². The predicted octanol–water partition coefficient (Wildman–Crippen LogP) is 2.17. The molecule has 4 nitrogen and oxygen atoms in total. The van der Waals surface area contributed by atoms with Gasteiger partial charge >= 0.3 is 0 Å². The first-order valence-electron chi connectivity index (χ1n) is 6.60. The molecule has 1 aromatic heterocycles. The van der Waals surface area contributed by atoms with E-state index in [9.17, 15) is 9.18 Å². The lowest BCUT2D eigenvalue weighted by Crippen LogP contribution is -2.30. The number of nitrogens with zero attached hydrogens (tertiary/aromatic N) is 1. The van der Waals surface area contributed by atoms with E-state index < -0.39 is 5.91 Å². The minimum atomic E-state index is -0.419. The summed E-state index contributed by atoms with van der Waals surface area (Å²) in [6.07, 6.45) is 0.929. The van der Waals surface area contributed by atoms with Crippen LogP contribution in [0.4, 0.5) is 4.39 Å². The van der Waals surface area contributed by atoms with Gasteiger partial charge in [-0.1, -0.05) is 6.07 Å². The van der Waals surface area contributed by atoms with Gasteiger partial charge in [0.15, 0.2) is 0 Å². The number of thiophene rings is 1. The van der Waals surface area contributed by atoms with Crippen molar-refractivity contribution in [3.8, 4) is 0 Å². The molecule has 0 aliphatic carbocycles. The molecule has 0 fully saturated rings. The lowest BCUT2D eigenvalue weighted by Gasteiger charge is -2.17. The van der Waals surface area contributed by atoms with Gasteiger partial charge in [0.1, 0.15) is 5.82 Å². The summed E-state index contributed by atoms with van der Waals surface area (Å²) in [5, 5.41) is 2.05. The van der Waals surface area contributed by atoms with Crippen LogP contribution in [-0.4, -0.2) is 24.4 Å². The lowest BCUT2D eigenvalue weighted by molar-refractivity contribution is 0.0953. The molecule has 1 heterocycles. The second-order valence-corrected chi connectivity index (χ2v) is 5.88. The molecule has 2 aromatic rings. The van der Waals surface area contributed by atoms with E-state index in [1.807, 2.05) is 23.4 Å². The van der Waals surface area contributed by atoms with E-state index in [0.29, 0.717) is 17.7 Å². The van der Waals surface area contributed by atoms with Crippen LogP contribution in [-0.2, 0) is 13.0 Å². The Hall–Kier alpha value is -1.76. The SMILES string of the molecule is CN(CCc1cccs1)Cc1cc(C(=O)NN)ccc1F. The molecule has 0 unspecified atom stereocenters. The quantitative estimate of drug-likeness (QED) is 0.488. The number of hydrogen-bond donors (Lipinski definition) is 2. The van der Waals surface area contributed by atoms with Crippen molar-refractivity contribution in [1.82, 2.24) is 10.3 Å². The summed E-state index contributed by atoms with van der Waals surface area (Å²) >= 11 is 1.72. The van der Waals surface area contributed by atoms with Gasteiger partial charge in [-0.05, 0) is 43.1 Å². The number of halogens is 1. The third kappa shape index (κ3) is 4.35. The maximum absolute atomic E-state index is 13.8. The average Bonchev–Trinajstić information content (AvgIpc) is 3.00. The number of likely N-dealkylation sites (N-methyl/N-ethyl adjacent to an activating group) is 1. The van der Waals surface area contributed by atoms with E-state index in [-0.39, 0.29) is 5.82 Å². The molecule has 0 aliphatic heterocycles. The number of benzene rings is 1. The molecule has 6 heteroatoms. The number of amides is 1. The van der Waals surface area contributed by atoms with Crippen LogP contribution < -0.4 is 11.3 Å². The lowest BCUT2D eigenvalue weighted by atomic mass is 10.1. The first kappa shape index (κ1) is 15.6. The molecule has 0 radical (unpaired) electrons. The second-order valence-electron chi connectivity index (χ2n) is 4.85. The molecule has 0 saturated heterocycles. The molecule has 1 amide bonds.